The fraction of sp³-hybridized carbons (Fsp3) is 0.250. The van der Waals surface area contributed by atoms with Gasteiger partial charge in [-0.15, -0.1) is 0 Å². The Bertz CT molecular complexity index is 475. The van der Waals surface area contributed by atoms with Crippen LogP contribution in [-0.4, -0.2) is 29.5 Å². The van der Waals surface area contributed by atoms with E-state index >= 15 is 0 Å². The molecular weight excluding hydrogens is 209 g/mol. The Balaban J connectivity index is 2.13. The third-order valence-corrected chi connectivity index (χ3v) is 2.19. The molecule has 4 heteroatoms. The molecule has 1 atom stereocenters. The van der Waals surface area contributed by atoms with E-state index < -0.39 is 12.8 Å². The SMILES string of the molecule is OC(CF)COc1ccc2ncccc2c1. The summed E-state index contributed by atoms with van der Waals surface area (Å²) in [5, 5.41) is 9.97. The molecule has 0 amide bonds. The minimum absolute atomic E-state index is 0.0394. The van der Waals surface area contributed by atoms with E-state index in [2.05, 4.69) is 4.98 Å². The van der Waals surface area contributed by atoms with E-state index in [0.717, 1.165) is 10.9 Å². The molecule has 0 saturated carbocycles. The fourth-order valence-corrected chi connectivity index (χ4v) is 1.38. The summed E-state index contributed by atoms with van der Waals surface area (Å²) in [6.07, 6.45) is 0.653. The molecule has 1 N–H and O–H groups in total. The van der Waals surface area contributed by atoms with Crippen LogP contribution in [-0.2, 0) is 0 Å². The molecule has 0 aliphatic rings. The molecule has 16 heavy (non-hydrogen) atoms. The lowest BCUT2D eigenvalue weighted by atomic mass is 10.2. The highest BCUT2D eigenvalue weighted by atomic mass is 19.1. The van der Waals surface area contributed by atoms with Crippen LogP contribution in [0.15, 0.2) is 36.5 Å². The van der Waals surface area contributed by atoms with Gasteiger partial charge in [-0.2, -0.15) is 0 Å². The number of nitrogens with zero attached hydrogens (tertiary/aromatic N) is 1. The maximum absolute atomic E-state index is 12.0. The van der Waals surface area contributed by atoms with Gasteiger partial charge in [-0.3, -0.25) is 4.98 Å². The van der Waals surface area contributed by atoms with Crippen LogP contribution in [0.25, 0.3) is 10.9 Å². The molecule has 84 valence electrons. The molecule has 0 spiro atoms. The van der Waals surface area contributed by atoms with Crippen molar-refractivity contribution in [1.82, 2.24) is 4.98 Å². The van der Waals surface area contributed by atoms with Crippen molar-refractivity contribution in [1.29, 1.82) is 0 Å². The van der Waals surface area contributed by atoms with Crippen LogP contribution in [0.3, 0.4) is 0 Å². The van der Waals surface area contributed by atoms with Gasteiger partial charge in [0.25, 0.3) is 0 Å². The zero-order valence-corrected chi connectivity index (χ0v) is 8.64. The Morgan fingerprint density at radius 3 is 3.06 bits per heavy atom. The van der Waals surface area contributed by atoms with Gasteiger partial charge in [0.15, 0.2) is 0 Å². The zero-order chi connectivity index (χ0) is 11.4. The van der Waals surface area contributed by atoms with Gasteiger partial charge in [0, 0.05) is 11.6 Å². The average Bonchev–Trinajstić information content (AvgIpc) is 2.35. The Kier molecular flexibility index (Phi) is 3.31. The number of rotatable bonds is 4. The Hall–Kier alpha value is -1.68. The van der Waals surface area contributed by atoms with Crippen molar-refractivity contribution in [2.45, 2.75) is 6.10 Å². The number of fused-ring (bicyclic) bond motifs is 1. The van der Waals surface area contributed by atoms with Crippen molar-refractivity contribution in [3.05, 3.63) is 36.5 Å². The van der Waals surface area contributed by atoms with Crippen molar-refractivity contribution < 1.29 is 14.2 Å². The monoisotopic (exact) mass is 221 g/mol. The normalized spacial score (nSPS) is 12.6. The minimum atomic E-state index is -1.07. The van der Waals surface area contributed by atoms with Crippen molar-refractivity contribution in [3.8, 4) is 5.75 Å². The molecule has 1 aromatic carbocycles. The van der Waals surface area contributed by atoms with Crippen LogP contribution < -0.4 is 4.74 Å². The number of aliphatic hydroxyl groups excluding tert-OH is 1. The second kappa shape index (κ2) is 4.90. The van der Waals surface area contributed by atoms with Crippen LogP contribution in [0, 0.1) is 0 Å². The van der Waals surface area contributed by atoms with Gasteiger partial charge in [0.05, 0.1) is 5.52 Å². The van der Waals surface area contributed by atoms with Crippen molar-refractivity contribution in [2.24, 2.45) is 0 Å². The Labute approximate surface area is 92.5 Å². The van der Waals surface area contributed by atoms with Crippen molar-refractivity contribution in [3.63, 3.8) is 0 Å². The highest BCUT2D eigenvalue weighted by Gasteiger charge is 2.04. The van der Waals surface area contributed by atoms with Gasteiger partial charge in [-0.25, -0.2) is 4.39 Å². The summed E-state index contributed by atoms with van der Waals surface area (Å²) in [5.41, 5.74) is 0.876. The lowest BCUT2D eigenvalue weighted by Gasteiger charge is -2.09. The molecule has 0 saturated heterocycles. The lowest BCUT2D eigenvalue weighted by Crippen LogP contribution is -2.19. The van der Waals surface area contributed by atoms with Crippen LogP contribution >= 0.6 is 0 Å². The molecular formula is C12H12FNO2. The van der Waals surface area contributed by atoms with Gasteiger partial charge in [-0.1, -0.05) is 6.07 Å². The lowest BCUT2D eigenvalue weighted by molar-refractivity contribution is 0.0842. The molecule has 0 fully saturated rings. The second-order valence-electron chi connectivity index (χ2n) is 3.48. The topological polar surface area (TPSA) is 42.4 Å². The standard InChI is InChI=1S/C12H12FNO2/c13-7-10(15)8-16-11-3-4-12-9(6-11)2-1-5-14-12/h1-6,10,15H,7-8H2. The molecule has 3 nitrogen and oxygen atoms in total. The summed E-state index contributed by atoms with van der Waals surface area (Å²) in [4.78, 5) is 4.17. The first-order chi connectivity index (χ1) is 7.79. The molecule has 2 rings (SSSR count). The van der Waals surface area contributed by atoms with Crippen LogP contribution in [0.5, 0.6) is 5.75 Å². The first-order valence-corrected chi connectivity index (χ1v) is 5.01. The van der Waals surface area contributed by atoms with E-state index in [9.17, 15) is 4.39 Å². The van der Waals surface area contributed by atoms with Crippen molar-refractivity contribution >= 4 is 10.9 Å². The number of pyridine rings is 1. The molecule has 0 bridgehead atoms. The molecule has 1 heterocycles. The zero-order valence-electron chi connectivity index (χ0n) is 8.64. The molecule has 0 aliphatic carbocycles. The quantitative estimate of drug-likeness (QED) is 0.858. The number of aromatic nitrogens is 1. The average molecular weight is 221 g/mol. The maximum atomic E-state index is 12.0. The largest absolute Gasteiger partial charge is 0.491 e. The summed E-state index contributed by atoms with van der Waals surface area (Å²) in [6.45, 7) is -0.836. The predicted octanol–water partition coefficient (Wildman–Crippen LogP) is 1.94. The first-order valence-electron chi connectivity index (χ1n) is 5.01. The fourth-order valence-electron chi connectivity index (χ4n) is 1.38. The number of benzene rings is 1. The van der Waals surface area contributed by atoms with E-state index in [4.69, 9.17) is 9.84 Å². The highest BCUT2D eigenvalue weighted by Crippen LogP contribution is 2.18. The van der Waals surface area contributed by atoms with Crippen LogP contribution in [0.4, 0.5) is 4.39 Å². The molecule has 0 aliphatic heterocycles. The van der Waals surface area contributed by atoms with Crippen LogP contribution in [0.2, 0.25) is 0 Å². The number of hydrogen-bond donors (Lipinski definition) is 1. The van der Waals surface area contributed by atoms with E-state index in [1.807, 2.05) is 24.3 Å². The summed E-state index contributed by atoms with van der Waals surface area (Å²) >= 11 is 0. The Morgan fingerprint density at radius 2 is 2.25 bits per heavy atom. The molecule has 1 aromatic heterocycles. The van der Waals surface area contributed by atoms with Gasteiger partial charge in [0.2, 0.25) is 0 Å². The summed E-state index contributed by atoms with van der Waals surface area (Å²) < 4.78 is 17.3. The third kappa shape index (κ3) is 2.46. The molecule has 0 radical (unpaired) electrons. The summed E-state index contributed by atoms with van der Waals surface area (Å²) in [7, 11) is 0. The van der Waals surface area contributed by atoms with Gasteiger partial charge >= 0.3 is 0 Å². The van der Waals surface area contributed by atoms with E-state index in [1.54, 1.807) is 12.3 Å². The van der Waals surface area contributed by atoms with Crippen LogP contribution in [0.1, 0.15) is 0 Å². The smallest absolute Gasteiger partial charge is 0.120 e. The predicted molar refractivity (Wildman–Crippen MR) is 59.2 cm³/mol. The number of halogens is 1. The van der Waals surface area contributed by atoms with Gasteiger partial charge < -0.3 is 9.84 Å². The van der Waals surface area contributed by atoms with E-state index in [0.29, 0.717) is 5.75 Å². The van der Waals surface area contributed by atoms with E-state index in [-0.39, 0.29) is 6.61 Å². The Morgan fingerprint density at radius 1 is 1.38 bits per heavy atom. The minimum Gasteiger partial charge on any atom is -0.491 e. The summed E-state index contributed by atoms with van der Waals surface area (Å²) in [6, 6.07) is 9.14. The number of ether oxygens (including phenoxy) is 1. The summed E-state index contributed by atoms with van der Waals surface area (Å²) in [5.74, 6) is 0.605. The second-order valence-corrected chi connectivity index (χ2v) is 3.48. The molecule has 1 unspecified atom stereocenters. The van der Waals surface area contributed by atoms with Gasteiger partial charge in [0.1, 0.15) is 25.1 Å². The van der Waals surface area contributed by atoms with E-state index in [1.165, 1.54) is 0 Å². The third-order valence-electron chi connectivity index (χ3n) is 2.19. The highest BCUT2D eigenvalue weighted by molar-refractivity contribution is 5.79. The maximum Gasteiger partial charge on any atom is 0.120 e. The number of aliphatic hydroxyl groups is 1. The molecule has 2 aromatic rings. The van der Waals surface area contributed by atoms with Crippen molar-refractivity contribution in [2.75, 3.05) is 13.3 Å². The van der Waals surface area contributed by atoms with Gasteiger partial charge in [-0.05, 0) is 24.3 Å². The first kappa shape index (κ1) is 10.8. The number of alkyl halides is 1. The number of hydrogen-bond acceptors (Lipinski definition) is 3.